The largest absolute Gasteiger partial charge is 0.357 e. The Morgan fingerprint density at radius 3 is 2.67 bits per heavy atom. The molecule has 0 fully saturated rings. The molecule has 1 aromatic carbocycles. The average molecular weight is 339 g/mol. The second-order valence-electron chi connectivity index (χ2n) is 5.03. The van der Waals surface area contributed by atoms with E-state index in [4.69, 9.17) is 0 Å². The molecule has 0 aliphatic carbocycles. The van der Waals surface area contributed by atoms with Crippen molar-refractivity contribution in [3.05, 3.63) is 53.9 Å². The van der Waals surface area contributed by atoms with Crippen molar-refractivity contribution in [2.75, 3.05) is 13.1 Å². The number of imidazole rings is 1. The van der Waals surface area contributed by atoms with Crippen LogP contribution in [0.1, 0.15) is 24.9 Å². The van der Waals surface area contributed by atoms with Crippen LogP contribution >= 0.6 is 0 Å². The van der Waals surface area contributed by atoms with E-state index in [2.05, 4.69) is 20.6 Å². The van der Waals surface area contributed by atoms with Crippen LogP contribution in [0.4, 0.5) is 13.2 Å². The Hall–Kier alpha value is -2.51. The standard InChI is InChI=1S/C16H20F3N5/c1-2-20-16(22-8-7-12-3-5-13(17)6-4-12)23-11-14-21-9-10-24(14)15(18)19/h3-6,9-10,15H,2,7-8,11H2,1H3,(H2,20,22,23). The van der Waals surface area contributed by atoms with Crippen molar-refractivity contribution in [1.29, 1.82) is 0 Å². The molecule has 0 atom stereocenters. The van der Waals surface area contributed by atoms with E-state index in [1.54, 1.807) is 12.1 Å². The summed E-state index contributed by atoms with van der Waals surface area (Å²) in [7, 11) is 0. The Morgan fingerprint density at radius 1 is 1.25 bits per heavy atom. The molecular formula is C16H20F3N5. The first-order valence-electron chi connectivity index (χ1n) is 7.66. The van der Waals surface area contributed by atoms with Crippen molar-refractivity contribution in [2.24, 2.45) is 4.99 Å². The van der Waals surface area contributed by atoms with E-state index in [-0.39, 0.29) is 18.2 Å². The highest BCUT2D eigenvalue weighted by Crippen LogP contribution is 2.12. The highest BCUT2D eigenvalue weighted by atomic mass is 19.3. The van der Waals surface area contributed by atoms with Crippen molar-refractivity contribution in [3.63, 3.8) is 0 Å². The number of nitrogens with one attached hydrogen (secondary N) is 2. The molecule has 0 amide bonds. The molecule has 0 spiro atoms. The topological polar surface area (TPSA) is 54.2 Å². The smallest absolute Gasteiger partial charge is 0.319 e. The Kier molecular flexibility index (Phi) is 6.65. The highest BCUT2D eigenvalue weighted by Gasteiger charge is 2.10. The van der Waals surface area contributed by atoms with E-state index in [0.29, 0.717) is 25.5 Å². The number of nitrogens with zero attached hydrogens (tertiary/aromatic N) is 3. The summed E-state index contributed by atoms with van der Waals surface area (Å²) in [5.74, 6) is 0.445. The SMILES string of the molecule is CCNC(=NCc1nccn1C(F)F)NCCc1ccc(F)cc1. The first kappa shape index (κ1) is 17.8. The van der Waals surface area contributed by atoms with Crippen LogP contribution in [0.5, 0.6) is 0 Å². The fraction of sp³-hybridized carbons (Fsp3) is 0.375. The minimum absolute atomic E-state index is 0.0449. The molecule has 8 heteroatoms. The molecule has 2 rings (SSSR count). The van der Waals surface area contributed by atoms with Gasteiger partial charge in [-0.2, -0.15) is 8.78 Å². The van der Waals surface area contributed by atoms with Gasteiger partial charge in [0.1, 0.15) is 18.2 Å². The van der Waals surface area contributed by atoms with Crippen LogP contribution < -0.4 is 10.6 Å². The molecular weight excluding hydrogens is 319 g/mol. The van der Waals surface area contributed by atoms with Gasteiger partial charge < -0.3 is 10.6 Å². The zero-order chi connectivity index (χ0) is 17.4. The number of halogens is 3. The van der Waals surface area contributed by atoms with Gasteiger partial charge in [-0.05, 0) is 31.0 Å². The van der Waals surface area contributed by atoms with E-state index in [0.717, 1.165) is 10.1 Å². The minimum atomic E-state index is -2.63. The van der Waals surface area contributed by atoms with Crippen LogP contribution in [0.15, 0.2) is 41.7 Å². The van der Waals surface area contributed by atoms with Gasteiger partial charge in [0.15, 0.2) is 5.96 Å². The number of rotatable bonds is 7. The molecule has 2 N–H and O–H groups in total. The molecule has 0 radical (unpaired) electrons. The molecule has 2 aromatic rings. The van der Waals surface area contributed by atoms with Crippen LogP contribution in [-0.4, -0.2) is 28.6 Å². The number of benzene rings is 1. The monoisotopic (exact) mass is 339 g/mol. The summed E-state index contributed by atoms with van der Waals surface area (Å²) in [5, 5.41) is 6.16. The minimum Gasteiger partial charge on any atom is -0.357 e. The Balaban J connectivity index is 1.90. The van der Waals surface area contributed by atoms with Crippen molar-refractivity contribution in [2.45, 2.75) is 26.4 Å². The first-order chi connectivity index (χ1) is 11.6. The van der Waals surface area contributed by atoms with Crippen molar-refractivity contribution < 1.29 is 13.2 Å². The van der Waals surface area contributed by atoms with Gasteiger partial charge in [-0.1, -0.05) is 12.1 Å². The molecule has 24 heavy (non-hydrogen) atoms. The van der Waals surface area contributed by atoms with Gasteiger partial charge in [-0.25, -0.2) is 14.4 Å². The van der Waals surface area contributed by atoms with E-state index in [1.807, 2.05) is 6.92 Å². The van der Waals surface area contributed by atoms with Gasteiger partial charge in [0.25, 0.3) is 0 Å². The van der Waals surface area contributed by atoms with Crippen molar-refractivity contribution in [1.82, 2.24) is 20.2 Å². The maximum atomic E-state index is 12.9. The fourth-order valence-electron chi connectivity index (χ4n) is 2.11. The second-order valence-corrected chi connectivity index (χ2v) is 5.03. The van der Waals surface area contributed by atoms with Crippen LogP contribution in [0, 0.1) is 5.82 Å². The second kappa shape index (κ2) is 8.95. The molecule has 1 heterocycles. The van der Waals surface area contributed by atoms with E-state index in [1.165, 1.54) is 24.5 Å². The quantitative estimate of drug-likeness (QED) is 0.602. The van der Waals surface area contributed by atoms with Gasteiger partial charge in [0.2, 0.25) is 0 Å². The molecule has 0 saturated carbocycles. The third kappa shape index (κ3) is 5.29. The maximum absolute atomic E-state index is 12.9. The molecule has 130 valence electrons. The Morgan fingerprint density at radius 2 is 2.00 bits per heavy atom. The summed E-state index contributed by atoms with van der Waals surface area (Å²) in [6, 6.07) is 6.28. The lowest BCUT2D eigenvalue weighted by Gasteiger charge is -2.11. The number of guanidine groups is 1. The zero-order valence-electron chi connectivity index (χ0n) is 13.3. The number of aliphatic imine (C=N–C) groups is 1. The summed E-state index contributed by atoms with van der Waals surface area (Å²) >= 11 is 0. The summed E-state index contributed by atoms with van der Waals surface area (Å²) in [5.41, 5.74) is 0.994. The van der Waals surface area contributed by atoms with E-state index in [9.17, 15) is 13.2 Å². The lowest BCUT2D eigenvalue weighted by atomic mass is 10.1. The first-order valence-corrected chi connectivity index (χ1v) is 7.66. The van der Waals surface area contributed by atoms with Gasteiger partial charge in [0, 0.05) is 25.5 Å². The van der Waals surface area contributed by atoms with Crippen molar-refractivity contribution >= 4 is 5.96 Å². The molecule has 0 aliphatic rings. The number of alkyl halides is 2. The van der Waals surface area contributed by atoms with Crippen LogP contribution in [-0.2, 0) is 13.0 Å². The molecule has 0 saturated heterocycles. The summed E-state index contributed by atoms with van der Waals surface area (Å²) in [4.78, 5) is 8.15. The predicted molar refractivity (Wildman–Crippen MR) is 86.4 cm³/mol. The summed E-state index contributed by atoms with van der Waals surface area (Å²) < 4.78 is 39.2. The molecule has 1 aromatic heterocycles. The lowest BCUT2D eigenvalue weighted by molar-refractivity contribution is 0.0671. The lowest BCUT2D eigenvalue weighted by Crippen LogP contribution is -2.38. The molecule has 0 bridgehead atoms. The third-order valence-corrected chi connectivity index (χ3v) is 3.30. The van der Waals surface area contributed by atoms with E-state index >= 15 is 0 Å². The van der Waals surface area contributed by atoms with Gasteiger partial charge in [0.05, 0.1) is 0 Å². The van der Waals surface area contributed by atoms with Crippen LogP contribution in [0.3, 0.4) is 0 Å². The average Bonchev–Trinajstić information content (AvgIpc) is 3.03. The Labute approximate surface area is 138 Å². The molecule has 0 unspecified atom stereocenters. The van der Waals surface area contributed by atoms with Crippen molar-refractivity contribution in [3.8, 4) is 0 Å². The number of hydrogen-bond acceptors (Lipinski definition) is 2. The van der Waals surface area contributed by atoms with Gasteiger partial charge in [-0.15, -0.1) is 0 Å². The van der Waals surface area contributed by atoms with Crippen LogP contribution in [0.2, 0.25) is 0 Å². The fourth-order valence-corrected chi connectivity index (χ4v) is 2.11. The Bertz CT molecular complexity index is 652. The summed E-state index contributed by atoms with van der Waals surface area (Å²) in [6.45, 7) is 0.555. The van der Waals surface area contributed by atoms with Gasteiger partial charge >= 0.3 is 6.55 Å². The van der Waals surface area contributed by atoms with Gasteiger partial charge in [-0.3, -0.25) is 4.57 Å². The van der Waals surface area contributed by atoms with Crippen LogP contribution in [0.25, 0.3) is 0 Å². The normalized spacial score (nSPS) is 11.8. The predicted octanol–water partition coefficient (Wildman–Crippen LogP) is 2.72. The number of aromatic nitrogens is 2. The molecule has 0 aliphatic heterocycles. The zero-order valence-corrected chi connectivity index (χ0v) is 13.3. The maximum Gasteiger partial charge on any atom is 0.319 e. The van der Waals surface area contributed by atoms with E-state index < -0.39 is 6.55 Å². The third-order valence-electron chi connectivity index (χ3n) is 3.30. The molecule has 5 nitrogen and oxygen atoms in total. The highest BCUT2D eigenvalue weighted by molar-refractivity contribution is 5.79. The summed E-state index contributed by atoms with van der Waals surface area (Å²) in [6.07, 6.45) is 3.24. The number of hydrogen-bond donors (Lipinski definition) is 2.